The number of aromatic nitrogens is 2. The summed E-state index contributed by atoms with van der Waals surface area (Å²) in [6.45, 7) is 1.85. The van der Waals surface area contributed by atoms with Crippen molar-refractivity contribution in [3.8, 4) is 0 Å². The summed E-state index contributed by atoms with van der Waals surface area (Å²) < 4.78 is 4.98. The molecule has 1 aromatic rings. The second-order valence-electron chi connectivity index (χ2n) is 2.22. The predicted octanol–water partition coefficient (Wildman–Crippen LogP) is 0.930. The molecule has 4 nitrogen and oxygen atoms in total. The highest BCUT2D eigenvalue weighted by Crippen LogP contribution is 2.09. The minimum absolute atomic E-state index is 0.0938. The Morgan fingerprint density at radius 1 is 1.82 bits per heavy atom. The topological polar surface area (TPSA) is 55.0 Å². The minimum Gasteiger partial charge on any atom is -0.374 e. The number of carbonyl (C=O) groups excluding carboxylic acids is 1. The molecule has 1 rings (SSSR count). The lowest BCUT2D eigenvalue weighted by molar-refractivity contribution is 0.110. The van der Waals surface area contributed by atoms with E-state index in [1.807, 2.05) is 6.92 Å². The molecule has 0 saturated carbocycles. The van der Waals surface area contributed by atoms with Gasteiger partial charge in [0.15, 0.2) is 6.29 Å². The number of hydrogen-bond donors (Lipinski definition) is 1. The molecule has 60 valence electrons. The number of nitrogens with zero attached hydrogens (tertiary/aromatic N) is 1. The maximum absolute atomic E-state index is 10.2. The number of ether oxygens (including phenoxy) is 1. The Bertz CT molecular complexity index is 244. The van der Waals surface area contributed by atoms with Gasteiger partial charge in [-0.3, -0.25) is 4.79 Å². The van der Waals surface area contributed by atoms with Gasteiger partial charge >= 0.3 is 0 Å². The lowest BCUT2D eigenvalue weighted by Gasteiger charge is -2.03. The normalized spacial score (nSPS) is 12.9. The number of aromatic amines is 1. The Kier molecular flexibility index (Phi) is 2.38. The van der Waals surface area contributed by atoms with Crippen molar-refractivity contribution in [1.82, 2.24) is 9.97 Å². The number of H-pyrrole nitrogens is 1. The Morgan fingerprint density at radius 2 is 2.55 bits per heavy atom. The number of hydrogen-bond acceptors (Lipinski definition) is 3. The molecule has 1 heterocycles. The van der Waals surface area contributed by atoms with E-state index in [9.17, 15) is 4.79 Å². The number of imidazole rings is 1. The van der Waals surface area contributed by atoms with E-state index >= 15 is 0 Å². The fourth-order valence-electron chi connectivity index (χ4n) is 0.730. The van der Waals surface area contributed by atoms with Gasteiger partial charge in [-0.2, -0.15) is 0 Å². The van der Waals surface area contributed by atoms with Crippen LogP contribution in [0.5, 0.6) is 0 Å². The molecule has 0 aliphatic carbocycles. The average molecular weight is 154 g/mol. The van der Waals surface area contributed by atoms with E-state index < -0.39 is 0 Å². The molecule has 1 unspecified atom stereocenters. The highest BCUT2D eigenvalue weighted by molar-refractivity contribution is 5.71. The van der Waals surface area contributed by atoms with Crippen molar-refractivity contribution in [2.45, 2.75) is 13.0 Å². The van der Waals surface area contributed by atoms with Gasteiger partial charge < -0.3 is 9.72 Å². The van der Waals surface area contributed by atoms with Crippen molar-refractivity contribution in [3.05, 3.63) is 17.7 Å². The highest BCUT2D eigenvalue weighted by Gasteiger charge is 2.06. The zero-order chi connectivity index (χ0) is 8.27. The lowest BCUT2D eigenvalue weighted by Crippen LogP contribution is -1.97. The standard InChI is InChI=1S/C7H10N2O2/c1-5(11-2)7-8-3-6(4-10)9-7/h3-5H,1-2H3,(H,8,9). The minimum atomic E-state index is -0.0938. The molecular weight excluding hydrogens is 144 g/mol. The van der Waals surface area contributed by atoms with Crippen LogP contribution in [-0.2, 0) is 4.74 Å². The summed E-state index contributed by atoms with van der Waals surface area (Å²) in [6.07, 6.45) is 2.11. The first kappa shape index (κ1) is 7.94. The molecule has 0 amide bonds. The maximum Gasteiger partial charge on any atom is 0.167 e. The summed E-state index contributed by atoms with van der Waals surface area (Å²) in [6, 6.07) is 0. The summed E-state index contributed by atoms with van der Waals surface area (Å²) in [7, 11) is 1.59. The van der Waals surface area contributed by atoms with E-state index in [1.165, 1.54) is 6.20 Å². The Hall–Kier alpha value is -1.16. The molecule has 0 saturated heterocycles. The molecule has 0 aromatic carbocycles. The highest BCUT2D eigenvalue weighted by atomic mass is 16.5. The van der Waals surface area contributed by atoms with Gasteiger partial charge in [-0.05, 0) is 6.92 Å². The van der Waals surface area contributed by atoms with Crippen molar-refractivity contribution >= 4 is 6.29 Å². The van der Waals surface area contributed by atoms with Crippen LogP contribution in [0.4, 0.5) is 0 Å². The number of methoxy groups -OCH3 is 1. The molecule has 4 heteroatoms. The Morgan fingerprint density at radius 3 is 3.00 bits per heavy atom. The van der Waals surface area contributed by atoms with E-state index in [4.69, 9.17) is 4.74 Å². The van der Waals surface area contributed by atoms with Crippen molar-refractivity contribution in [3.63, 3.8) is 0 Å². The van der Waals surface area contributed by atoms with Crippen LogP contribution < -0.4 is 0 Å². The second-order valence-corrected chi connectivity index (χ2v) is 2.22. The van der Waals surface area contributed by atoms with Gasteiger partial charge in [-0.1, -0.05) is 0 Å². The first-order chi connectivity index (χ1) is 5.27. The molecule has 0 radical (unpaired) electrons. The molecule has 0 aliphatic rings. The quantitative estimate of drug-likeness (QED) is 0.659. The van der Waals surface area contributed by atoms with Crippen LogP contribution in [0.15, 0.2) is 6.20 Å². The lowest BCUT2D eigenvalue weighted by atomic mass is 10.4. The van der Waals surface area contributed by atoms with E-state index in [2.05, 4.69) is 9.97 Å². The molecule has 0 aliphatic heterocycles. The van der Waals surface area contributed by atoms with Crippen LogP contribution in [0.25, 0.3) is 0 Å². The van der Waals surface area contributed by atoms with Gasteiger partial charge in [-0.25, -0.2) is 4.98 Å². The Balaban J connectivity index is 2.79. The molecule has 0 bridgehead atoms. The zero-order valence-electron chi connectivity index (χ0n) is 6.50. The molecular formula is C7H10N2O2. The van der Waals surface area contributed by atoms with Crippen molar-refractivity contribution in [2.75, 3.05) is 7.11 Å². The molecule has 1 N–H and O–H groups in total. The summed E-state index contributed by atoms with van der Waals surface area (Å²) in [5.41, 5.74) is 0.476. The van der Waals surface area contributed by atoms with Crippen molar-refractivity contribution in [2.24, 2.45) is 0 Å². The van der Waals surface area contributed by atoms with E-state index in [0.29, 0.717) is 11.5 Å². The monoisotopic (exact) mass is 154 g/mol. The van der Waals surface area contributed by atoms with Crippen LogP contribution in [0.2, 0.25) is 0 Å². The number of rotatable bonds is 3. The Labute approximate surface area is 64.6 Å². The van der Waals surface area contributed by atoms with E-state index in [1.54, 1.807) is 7.11 Å². The van der Waals surface area contributed by atoms with Gasteiger partial charge in [0.1, 0.15) is 11.9 Å². The van der Waals surface area contributed by atoms with Gasteiger partial charge in [0.2, 0.25) is 0 Å². The van der Waals surface area contributed by atoms with E-state index in [-0.39, 0.29) is 6.10 Å². The summed E-state index contributed by atoms with van der Waals surface area (Å²) in [4.78, 5) is 17.0. The predicted molar refractivity (Wildman–Crippen MR) is 39.4 cm³/mol. The molecule has 0 fully saturated rings. The third-order valence-corrected chi connectivity index (χ3v) is 1.48. The molecule has 1 aromatic heterocycles. The second kappa shape index (κ2) is 3.30. The SMILES string of the molecule is COC(C)c1ncc(C=O)[nH]1. The smallest absolute Gasteiger partial charge is 0.167 e. The van der Waals surface area contributed by atoms with Gasteiger partial charge in [0.05, 0.1) is 11.9 Å². The van der Waals surface area contributed by atoms with Gasteiger partial charge in [0.25, 0.3) is 0 Å². The van der Waals surface area contributed by atoms with Crippen molar-refractivity contribution < 1.29 is 9.53 Å². The van der Waals surface area contributed by atoms with Gasteiger partial charge in [-0.15, -0.1) is 0 Å². The third kappa shape index (κ3) is 1.65. The summed E-state index contributed by atoms with van der Waals surface area (Å²) in [5, 5.41) is 0. The maximum atomic E-state index is 10.2. The van der Waals surface area contributed by atoms with Crippen LogP contribution in [-0.4, -0.2) is 23.4 Å². The average Bonchev–Trinajstić information content (AvgIpc) is 2.50. The fraction of sp³-hybridized carbons (Fsp3) is 0.429. The number of aldehydes is 1. The first-order valence-corrected chi connectivity index (χ1v) is 3.30. The fourth-order valence-corrected chi connectivity index (χ4v) is 0.730. The van der Waals surface area contributed by atoms with Crippen LogP contribution in [0.3, 0.4) is 0 Å². The first-order valence-electron chi connectivity index (χ1n) is 3.30. The van der Waals surface area contributed by atoms with Crippen LogP contribution >= 0.6 is 0 Å². The summed E-state index contributed by atoms with van der Waals surface area (Å²) >= 11 is 0. The molecule has 11 heavy (non-hydrogen) atoms. The zero-order valence-corrected chi connectivity index (χ0v) is 6.50. The van der Waals surface area contributed by atoms with Crippen LogP contribution in [0.1, 0.15) is 29.3 Å². The van der Waals surface area contributed by atoms with Crippen molar-refractivity contribution in [1.29, 1.82) is 0 Å². The van der Waals surface area contributed by atoms with Crippen LogP contribution in [0, 0.1) is 0 Å². The van der Waals surface area contributed by atoms with Gasteiger partial charge in [0, 0.05) is 7.11 Å². The van der Waals surface area contributed by atoms with E-state index in [0.717, 1.165) is 6.29 Å². The summed E-state index contributed by atoms with van der Waals surface area (Å²) in [5.74, 6) is 0.676. The largest absolute Gasteiger partial charge is 0.374 e. The third-order valence-electron chi connectivity index (χ3n) is 1.48. The molecule has 0 spiro atoms. The number of nitrogens with one attached hydrogen (secondary N) is 1. The molecule has 1 atom stereocenters. The number of carbonyl (C=O) groups is 1.